The molecule has 2 N–H and O–H groups in total. The highest BCUT2D eigenvalue weighted by molar-refractivity contribution is 8.04. The number of nitrogens with one attached hydrogen (secondary N) is 2. The number of hydrogen-bond acceptors (Lipinski definition) is 9. The fourth-order valence-corrected chi connectivity index (χ4v) is 4.60. The average molecular weight is 402 g/mol. The zero-order valence-electron chi connectivity index (χ0n) is 14.1. The monoisotopic (exact) mass is 401 g/mol. The van der Waals surface area contributed by atoms with Crippen molar-refractivity contribution in [2.45, 2.75) is 41.1 Å². The number of thioether (sulfide) groups is 2. The van der Waals surface area contributed by atoms with Gasteiger partial charge >= 0.3 is 0 Å². The molecule has 0 radical (unpaired) electrons. The Labute approximate surface area is 157 Å². The van der Waals surface area contributed by atoms with E-state index in [0.717, 1.165) is 6.42 Å². The fourth-order valence-electron chi connectivity index (χ4n) is 1.60. The van der Waals surface area contributed by atoms with Gasteiger partial charge in [-0.05, 0) is 20.3 Å². The molecular weight excluding hydrogens is 382 g/mol. The maximum absolute atomic E-state index is 12.1. The average Bonchev–Trinajstić information content (AvgIpc) is 3.19. The maximum Gasteiger partial charge on any atom is 0.238 e. The molecule has 0 aliphatic carbocycles. The Hall–Kier alpha value is -1.59. The summed E-state index contributed by atoms with van der Waals surface area (Å²) in [6.07, 6.45) is 0.907. The lowest BCUT2D eigenvalue weighted by Crippen LogP contribution is -2.25. The van der Waals surface area contributed by atoms with Crippen molar-refractivity contribution in [1.29, 1.82) is 0 Å². The predicted octanol–water partition coefficient (Wildman–Crippen LogP) is 2.57. The molecule has 0 saturated heterocycles. The molecule has 0 aromatic carbocycles. The highest BCUT2D eigenvalue weighted by atomic mass is 32.2. The van der Waals surface area contributed by atoms with Gasteiger partial charge in [0.05, 0.1) is 11.0 Å². The van der Waals surface area contributed by atoms with E-state index >= 15 is 0 Å². The number of rotatable bonds is 9. The van der Waals surface area contributed by atoms with Gasteiger partial charge in [-0.25, -0.2) is 0 Å². The number of nitrogens with zero attached hydrogens (tertiary/aromatic N) is 3. The van der Waals surface area contributed by atoms with Crippen LogP contribution in [-0.4, -0.2) is 44.7 Å². The Bertz CT molecular complexity index is 718. The lowest BCUT2D eigenvalue weighted by molar-refractivity contribution is -0.118. The van der Waals surface area contributed by atoms with Crippen LogP contribution in [0.3, 0.4) is 0 Å². The van der Waals surface area contributed by atoms with Crippen molar-refractivity contribution in [1.82, 2.24) is 20.7 Å². The number of aromatic nitrogens is 3. The summed E-state index contributed by atoms with van der Waals surface area (Å²) in [5.74, 6) is 1.11. The van der Waals surface area contributed by atoms with E-state index in [1.54, 1.807) is 19.9 Å². The summed E-state index contributed by atoms with van der Waals surface area (Å²) >= 11 is 4.01. The molecule has 2 aromatic rings. The Morgan fingerprint density at radius 1 is 1.36 bits per heavy atom. The molecule has 2 aromatic heterocycles. The van der Waals surface area contributed by atoms with E-state index < -0.39 is 0 Å². The zero-order chi connectivity index (χ0) is 18.2. The number of carbonyl (C=O) groups excluding carboxylic acids is 2. The third-order valence-corrected chi connectivity index (χ3v) is 6.05. The van der Waals surface area contributed by atoms with E-state index in [4.69, 9.17) is 4.52 Å². The molecule has 11 heteroatoms. The maximum atomic E-state index is 12.1. The molecule has 1 atom stereocenters. The van der Waals surface area contributed by atoms with Crippen LogP contribution in [0.15, 0.2) is 19.3 Å². The fraction of sp³-hybridized carbons (Fsp3) is 0.500. The number of amides is 2. The summed E-state index contributed by atoms with van der Waals surface area (Å²) in [7, 11) is 0. The zero-order valence-corrected chi connectivity index (χ0v) is 16.5. The Kier molecular flexibility index (Phi) is 7.72. The number of carbonyl (C=O) groups is 2. The van der Waals surface area contributed by atoms with Crippen LogP contribution in [0.1, 0.15) is 26.0 Å². The minimum Gasteiger partial charge on any atom is -0.360 e. The van der Waals surface area contributed by atoms with E-state index in [1.807, 2.05) is 6.92 Å². The van der Waals surface area contributed by atoms with Gasteiger partial charge < -0.3 is 15.2 Å². The van der Waals surface area contributed by atoms with E-state index in [-0.39, 0.29) is 17.1 Å². The van der Waals surface area contributed by atoms with Crippen molar-refractivity contribution >= 4 is 52.5 Å². The van der Waals surface area contributed by atoms with E-state index in [0.29, 0.717) is 32.6 Å². The SMILES string of the molecule is CCCNC(=O)CSc1nnc(SC(C)C(=O)Nc2cc(C)on2)s1. The van der Waals surface area contributed by atoms with Crippen LogP contribution in [0, 0.1) is 6.92 Å². The minimum absolute atomic E-state index is 0.0214. The van der Waals surface area contributed by atoms with Crippen molar-refractivity contribution in [3.05, 3.63) is 11.8 Å². The molecule has 0 spiro atoms. The third kappa shape index (κ3) is 6.67. The predicted molar refractivity (Wildman–Crippen MR) is 99.1 cm³/mol. The topological polar surface area (TPSA) is 110 Å². The molecule has 136 valence electrons. The first-order valence-corrected chi connectivity index (χ1v) is 10.3. The molecule has 2 heterocycles. The van der Waals surface area contributed by atoms with Gasteiger partial charge in [-0.2, -0.15) is 0 Å². The summed E-state index contributed by atoms with van der Waals surface area (Å²) in [5.41, 5.74) is 0. The van der Waals surface area contributed by atoms with Crippen LogP contribution in [-0.2, 0) is 9.59 Å². The molecule has 0 bridgehead atoms. The second kappa shape index (κ2) is 9.78. The normalized spacial score (nSPS) is 12.0. The van der Waals surface area contributed by atoms with Crippen LogP contribution in [0.2, 0.25) is 0 Å². The summed E-state index contributed by atoms with van der Waals surface area (Å²) in [4.78, 5) is 23.7. The molecule has 0 aliphatic rings. The second-order valence-corrected chi connectivity index (χ2v) is 8.83. The smallest absolute Gasteiger partial charge is 0.238 e. The second-order valence-electron chi connectivity index (χ2n) is 5.04. The number of anilines is 1. The first-order chi connectivity index (χ1) is 12.0. The molecular formula is C14H19N5O3S3. The molecule has 1 unspecified atom stereocenters. The van der Waals surface area contributed by atoms with Gasteiger partial charge in [-0.1, -0.05) is 46.9 Å². The summed E-state index contributed by atoms with van der Waals surface area (Å²) in [6, 6.07) is 1.65. The third-order valence-electron chi connectivity index (χ3n) is 2.81. The number of hydrogen-bond donors (Lipinski definition) is 2. The first kappa shape index (κ1) is 19.7. The van der Waals surface area contributed by atoms with Gasteiger partial charge in [0.15, 0.2) is 14.5 Å². The Balaban J connectivity index is 1.79. The van der Waals surface area contributed by atoms with E-state index in [9.17, 15) is 9.59 Å². The van der Waals surface area contributed by atoms with Gasteiger partial charge in [0.2, 0.25) is 11.8 Å². The van der Waals surface area contributed by atoms with Crippen LogP contribution < -0.4 is 10.6 Å². The molecule has 2 rings (SSSR count). The van der Waals surface area contributed by atoms with E-state index in [1.165, 1.54) is 34.9 Å². The molecule has 0 fully saturated rings. The van der Waals surface area contributed by atoms with Crippen molar-refractivity contribution in [3.63, 3.8) is 0 Å². The molecule has 2 amide bonds. The highest BCUT2D eigenvalue weighted by Crippen LogP contribution is 2.31. The van der Waals surface area contributed by atoms with Crippen LogP contribution in [0.25, 0.3) is 0 Å². The lowest BCUT2D eigenvalue weighted by Gasteiger charge is -2.07. The Morgan fingerprint density at radius 2 is 2.12 bits per heavy atom. The van der Waals surface area contributed by atoms with Gasteiger partial charge in [0, 0.05) is 12.6 Å². The number of aryl methyl sites for hydroxylation is 1. The molecule has 0 saturated carbocycles. The summed E-state index contributed by atoms with van der Waals surface area (Å²) in [6.45, 7) is 6.21. The molecule has 0 aliphatic heterocycles. The minimum atomic E-state index is -0.365. The standard InChI is InChI=1S/C14H19N5O3S3/c1-4-5-15-11(20)7-23-13-17-18-14(25-13)24-9(3)12(21)16-10-6-8(2)22-19-10/h6,9H,4-5,7H2,1-3H3,(H,15,20)(H,16,19,21). The lowest BCUT2D eigenvalue weighted by atomic mass is 10.4. The molecule has 8 nitrogen and oxygen atoms in total. The largest absolute Gasteiger partial charge is 0.360 e. The van der Waals surface area contributed by atoms with Crippen molar-refractivity contribution in [3.8, 4) is 0 Å². The van der Waals surface area contributed by atoms with Gasteiger partial charge in [-0.3, -0.25) is 9.59 Å². The molecule has 25 heavy (non-hydrogen) atoms. The summed E-state index contributed by atoms with van der Waals surface area (Å²) in [5, 5.41) is 16.9. The highest BCUT2D eigenvalue weighted by Gasteiger charge is 2.18. The van der Waals surface area contributed by atoms with Gasteiger partial charge in [0.1, 0.15) is 5.76 Å². The van der Waals surface area contributed by atoms with Crippen molar-refractivity contribution in [2.75, 3.05) is 17.6 Å². The van der Waals surface area contributed by atoms with Crippen LogP contribution >= 0.6 is 34.9 Å². The van der Waals surface area contributed by atoms with Gasteiger partial charge in [-0.15, -0.1) is 10.2 Å². The summed E-state index contributed by atoms with van der Waals surface area (Å²) < 4.78 is 6.29. The van der Waals surface area contributed by atoms with Crippen molar-refractivity contribution in [2.24, 2.45) is 0 Å². The van der Waals surface area contributed by atoms with Crippen molar-refractivity contribution < 1.29 is 14.1 Å². The van der Waals surface area contributed by atoms with Crippen LogP contribution in [0.4, 0.5) is 5.82 Å². The van der Waals surface area contributed by atoms with E-state index in [2.05, 4.69) is 26.0 Å². The van der Waals surface area contributed by atoms with Crippen LogP contribution in [0.5, 0.6) is 0 Å². The first-order valence-electron chi connectivity index (χ1n) is 7.61. The quantitative estimate of drug-likeness (QED) is 0.617. The van der Waals surface area contributed by atoms with Gasteiger partial charge in [0.25, 0.3) is 0 Å². The Morgan fingerprint density at radius 3 is 2.80 bits per heavy atom.